The van der Waals surface area contributed by atoms with Gasteiger partial charge in [-0.05, 0) is 45.5 Å². The van der Waals surface area contributed by atoms with Crippen molar-refractivity contribution in [1.82, 2.24) is 15.0 Å². The van der Waals surface area contributed by atoms with Crippen LogP contribution in [-0.4, -0.2) is 15.0 Å². The number of para-hydroxylation sites is 2. The van der Waals surface area contributed by atoms with Gasteiger partial charge in [0.25, 0.3) is 0 Å². The summed E-state index contributed by atoms with van der Waals surface area (Å²) in [6, 6.07) is 51.2. The van der Waals surface area contributed by atoms with Gasteiger partial charge in [-0.25, -0.2) is 4.98 Å². The van der Waals surface area contributed by atoms with Gasteiger partial charge in [-0.15, -0.1) is 0 Å². The van der Waals surface area contributed by atoms with Gasteiger partial charge in [0.1, 0.15) is 0 Å². The van der Waals surface area contributed by atoms with E-state index < -0.39 is 0 Å². The van der Waals surface area contributed by atoms with E-state index in [4.69, 9.17) is 15.0 Å². The van der Waals surface area contributed by atoms with E-state index in [9.17, 15) is 0 Å². The van der Waals surface area contributed by atoms with Crippen LogP contribution in [0.4, 0.5) is 17.3 Å². The van der Waals surface area contributed by atoms with Crippen molar-refractivity contribution in [2.75, 3.05) is 4.90 Å². The maximum atomic E-state index is 5.19. The van der Waals surface area contributed by atoms with Crippen LogP contribution in [0.25, 0.3) is 56.2 Å². The Kier molecular flexibility index (Phi) is 5.81. The number of nitrogens with zero attached hydrogens (tertiary/aromatic N) is 4. The maximum absolute atomic E-state index is 5.19. The molecule has 0 unspecified atom stereocenters. The van der Waals surface area contributed by atoms with Crippen LogP contribution in [0.15, 0.2) is 146 Å². The van der Waals surface area contributed by atoms with Gasteiger partial charge >= 0.3 is 0 Å². The molecule has 7 aromatic rings. The predicted octanol–water partition coefficient (Wildman–Crippen LogP) is 10.6. The molecule has 0 amide bonds. The van der Waals surface area contributed by atoms with Crippen LogP contribution in [0.5, 0.6) is 0 Å². The van der Waals surface area contributed by atoms with Gasteiger partial charge in [-0.2, -0.15) is 9.97 Å². The summed E-state index contributed by atoms with van der Waals surface area (Å²) in [7, 11) is 0. The third kappa shape index (κ3) is 3.90. The minimum atomic E-state index is -0.106. The van der Waals surface area contributed by atoms with Crippen molar-refractivity contribution in [1.29, 1.82) is 0 Å². The van der Waals surface area contributed by atoms with Crippen molar-refractivity contribution >= 4 is 17.3 Å². The highest BCUT2D eigenvalue weighted by Gasteiger charge is 2.39. The first kappa shape index (κ1) is 26.5. The number of rotatable bonds is 3. The molecule has 1 aromatic heterocycles. The van der Waals surface area contributed by atoms with E-state index in [2.05, 4.69) is 128 Å². The van der Waals surface area contributed by atoms with Gasteiger partial charge in [0, 0.05) is 27.7 Å². The maximum Gasteiger partial charge on any atom is 0.238 e. The number of hydrogen-bond acceptors (Lipinski definition) is 4. The first-order valence-electron chi connectivity index (χ1n) is 15.7. The summed E-state index contributed by atoms with van der Waals surface area (Å²) in [6.07, 6.45) is 0. The Morgan fingerprint density at radius 1 is 0.413 bits per heavy atom. The number of fused-ring (bicyclic) bond motifs is 9. The van der Waals surface area contributed by atoms with Crippen molar-refractivity contribution in [2.24, 2.45) is 0 Å². The average Bonchev–Trinajstić information content (AvgIpc) is 3.27. The topological polar surface area (TPSA) is 41.9 Å². The third-order valence-electron chi connectivity index (χ3n) is 9.49. The van der Waals surface area contributed by atoms with E-state index in [1.807, 2.05) is 36.4 Å². The zero-order chi connectivity index (χ0) is 30.8. The van der Waals surface area contributed by atoms with Crippen LogP contribution < -0.4 is 4.90 Å². The molecule has 46 heavy (non-hydrogen) atoms. The van der Waals surface area contributed by atoms with E-state index in [1.165, 1.54) is 33.4 Å². The lowest BCUT2D eigenvalue weighted by atomic mass is 9.80. The van der Waals surface area contributed by atoms with E-state index in [0.29, 0.717) is 17.6 Å². The zero-order valence-corrected chi connectivity index (χ0v) is 25.6. The fraction of sp³-hybridized carbons (Fsp3) is 0.0714. The summed E-state index contributed by atoms with van der Waals surface area (Å²) in [4.78, 5) is 17.6. The molecular formula is C42H30N4. The quantitative estimate of drug-likeness (QED) is 0.205. The number of hydrogen-bond donors (Lipinski definition) is 0. The highest BCUT2D eigenvalue weighted by atomic mass is 15.3. The first-order valence-corrected chi connectivity index (χ1v) is 15.7. The second-order valence-electron chi connectivity index (χ2n) is 12.5. The Morgan fingerprint density at radius 3 is 1.59 bits per heavy atom. The molecule has 1 aliphatic heterocycles. The summed E-state index contributed by atoms with van der Waals surface area (Å²) < 4.78 is 0. The molecule has 0 atom stereocenters. The molecule has 0 saturated heterocycles. The fourth-order valence-electron chi connectivity index (χ4n) is 7.32. The number of benzene rings is 6. The van der Waals surface area contributed by atoms with Gasteiger partial charge in [0.2, 0.25) is 5.95 Å². The molecule has 0 spiro atoms. The van der Waals surface area contributed by atoms with Gasteiger partial charge in [0.15, 0.2) is 11.6 Å². The molecule has 1 aliphatic carbocycles. The molecule has 2 heterocycles. The largest absolute Gasteiger partial charge is 0.278 e. The van der Waals surface area contributed by atoms with Gasteiger partial charge in [0.05, 0.1) is 11.4 Å². The summed E-state index contributed by atoms with van der Waals surface area (Å²) in [5, 5.41) is 0. The molecule has 218 valence electrons. The van der Waals surface area contributed by atoms with Crippen molar-refractivity contribution < 1.29 is 0 Å². The molecule has 0 bridgehead atoms. The highest BCUT2D eigenvalue weighted by Crippen LogP contribution is 2.58. The second kappa shape index (κ2) is 10.1. The normalized spacial score (nSPS) is 13.6. The Bertz CT molecular complexity index is 2230. The van der Waals surface area contributed by atoms with Gasteiger partial charge in [-0.1, -0.05) is 147 Å². The van der Waals surface area contributed by atoms with Crippen molar-refractivity contribution in [3.05, 3.63) is 157 Å². The Balaban J connectivity index is 1.37. The van der Waals surface area contributed by atoms with Crippen LogP contribution in [-0.2, 0) is 5.41 Å². The van der Waals surface area contributed by atoms with Crippen LogP contribution in [0.3, 0.4) is 0 Å². The van der Waals surface area contributed by atoms with Crippen LogP contribution in [0.1, 0.15) is 25.0 Å². The predicted molar refractivity (Wildman–Crippen MR) is 187 cm³/mol. The monoisotopic (exact) mass is 590 g/mol. The number of anilines is 3. The minimum absolute atomic E-state index is 0.106. The SMILES string of the molecule is CC1(C)c2ccccc2-c2c1ccc1c2-c2ccccc2N(c2nc(-c3ccccc3)nc(-c3ccccc3)n2)c2ccccc2-1. The lowest BCUT2D eigenvalue weighted by Gasteiger charge is -2.25. The Morgan fingerprint density at radius 2 is 0.935 bits per heavy atom. The van der Waals surface area contributed by atoms with E-state index in [-0.39, 0.29) is 5.41 Å². The van der Waals surface area contributed by atoms with Crippen LogP contribution >= 0.6 is 0 Å². The number of aromatic nitrogens is 3. The smallest absolute Gasteiger partial charge is 0.238 e. The van der Waals surface area contributed by atoms with Gasteiger partial charge < -0.3 is 0 Å². The molecule has 4 heteroatoms. The van der Waals surface area contributed by atoms with E-state index in [0.717, 1.165) is 33.6 Å². The van der Waals surface area contributed by atoms with Crippen molar-refractivity contribution in [2.45, 2.75) is 19.3 Å². The highest BCUT2D eigenvalue weighted by molar-refractivity contribution is 6.08. The lowest BCUT2D eigenvalue weighted by molar-refractivity contribution is 0.660. The molecule has 2 aliphatic rings. The Hall–Kier alpha value is -5.87. The zero-order valence-electron chi connectivity index (χ0n) is 25.6. The fourth-order valence-corrected chi connectivity index (χ4v) is 7.32. The lowest BCUT2D eigenvalue weighted by Crippen LogP contribution is -2.16. The summed E-state index contributed by atoms with van der Waals surface area (Å²) in [5.74, 6) is 1.85. The molecule has 0 N–H and O–H groups in total. The third-order valence-corrected chi connectivity index (χ3v) is 9.49. The Labute approximate surface area is 268 Å². The standard InChI is InChI=1S/C42H30N4/c1-42(2)33-22-12-9-20-31(33)38-34(42)26-25-30-29-19-10-13-23-35(29)46(36-24-14-11-21-32(36)37(30)38)41-44-39(27-15-5-3-6-16-27)43-40(45-41)28-17-7-4-8-18-28/h3-26H,1-2H3. The molecule has 9 rings (SSSR count). The van der Waals surface area contributed by atoms with Crippen molar-refractivity contribution in [3.63, 3.8) is 0 Å². The first-order chi connectivity index (χ1) is 22.6. The summed E-state index contributed by atoms with van der Waals surface area (Å²) in [5.41, 5.74) is 13.9. The van der Waals surface area contributed by atoms with E-state index in [1.54, 1.807) is 0 Å². The molecule has 4 nitrogen and oxygen atoms in total. The summed E-state index contributed by atoms with van der Waals surface area (Å²) >= 11 is 0. The van der Waals surface area contributed by atoms with Crippen molar-refractivity contribution in [3.8, 4) is 56.2 Å². The molecule has 6 aromatic carbocycles. The minimum Gasteiger partial charge on any atom is -0.278 e. The molecule has 0 saturated carbocycles. The van der Waals surface area contributed by atoms with Gasteiger partial charge in [-0.3, -0.25) is 4.90 Å². The molecular weight excluding hydrogens is 560 g/mol. The second-order valence-corrected chi connectivity index (χ2v) is 12.5. The molecule has 0 radical (unpaired) electrons. The molecule has 0 fully saturated rings. The van der Waals surface area contributed by atoms with Crippen LogP contribution in [0.2, 0.25) is 0 Å². The van der Waals surface area contributed by atoms with Crippen LogP contribution in [0, 0.1) is 0 Å². The summed E-state index contributed by atoms with van der Waals surface area (Å²) in [6.45, 7) is 4.68. The average molecular weight is 591 g/mol. The van der Waals surface area contributed by atoms with E-state index >= 15 is 0 Å².